The van der Waals surface area contributed by atoms with E-state index in [0.29, 0.717) is 10.9 Å². The Morgan fingerprint density at radius 1 is 1.33 bits per heavy atom. The lowest BCUT2D eigenvalue weighted by molar-refractivity contribution is 0.170. The summed E-state index contributed by atoms with van der Waals surface area (Å²) in [6.07, 6.45) is 5.39. The van der Waals surface area contributed by atoms with E-state index in [0.717, 1.165) is 17.5 Å². The molecule has 100 valence electrons. The van der Waals surface area contributed by atoms with Gasteiger partial charge in [-0.1, -0.05) is 31.9 Å². The van der Waals surface area contributed by atoms with Gasteiger partial charge in [0.15, 0.2) is 0 Å². The first-order valence-corrected chi connectivity index (χ1v) is 7.07. The molecule has 1 aromatic rings. The number of nitrogens with two attached hydrogens (primary N) is 1. The van der Waals surface area contributed by atoms with E-state index in [4.69, 9.17) is 17.4 Å². The number of halogens is 1. The molecule has 4 atom stereocenters. The Balaban J connectivity index is 2.11. The van der Waals surface area contributed by atoms with Crippen molar-refractivity contribution in [2.24, 2.45) is 23.6 Å². The molecule has 0 aliphatic heterocycles. The smallest absolute Gasteiger partial charge is 0.0660 e. The molecule has 18 heavy (non-hydrogen) atoms. The van der Waals surface area contributed by atoms with Crippen LogP contribution in [-0.4, -0.2) is 4.98 Å². The van der Waals surface area contributed by atoms with Gasteiger partial charge in [-0.15, -0.1) is 0 Å². The molecule has 0 saturated heterocycles. The fourth-order valence-corrected chi connectivity index (χ4v) is 3.04. The summed E-state index contributed by atoms with van der Waals surface area (Å²) in [5, 5.41) is 0.667. The summed E-state index contributed by atoms with van der Waals surface area (Å²) in [6.45, 7) is 4.67. The zero-order chi connectivity index (χ0) is 13.1. The average molecular weight is 268 g/mol. The molecule has 3 nitrogen and oxygen atoms in total. The summed E-state index contributed by atoms with van der Waals surface area (Å²) in [6, 6.07) is 3.98. The summed E-state index contributed by atoms with van der Waals surface area (Å²) in [7, 11) is 0. The summed E-state index contributed by atoms with van der Waals surface area (Å²) in [5.74, 6) is 7.87. The van der Waals surface area contributed by atoms with Crippen LogP contribution in [0.15, 0.2) is 18.3 Å². The zero-order valence-electron chi connectivity index (χ0n) is 11.1. The maximum atomic E-state index is 5.87. The molecule has 1 aliphatic rings. The van der Waals surface area contributed by atoms with Crippen molar-refractivity contribution in [3.05, 3.63) is 29.0 Å². The second-order valence-corrected chi connectivity index (χ2v) is 6.01. The maximum absolute atomic E-state index is 5.87. The van der Waals surface area contributed by atoms with E-state index >= 15 is 0 Å². The monoisotopic (exact) mass is 267 g/mol. The topological polar surface area (TPSA) is 50.9 Å². The molecule has 0 aromatic carbocycles. The van der Waals surface area contributed by atoms with E-state index < -0.39 is 0 Å². The van der Waals surface area contributed by atoms with Gasteiger partial charge < -0.3 is 0 Å². The molecular formula is C14H22ClN3. The summed E-state index contributed by atoms with van der Waals surface area (Å²) >= 11 is 5.87. The van der Waals surface area contributed by atoms with Crippen LogP contribution < -0.4 is 11.3 Å². The van der Waals surface area contributed by atoms with Gasteiger partial charge in [-0.05, 0) is 42.7 Å². The normalized spacial score (nSPS) is 30.1. The van der Waals surface area contributed by atoms with Crippen LogP contribution in [0.3, 0.4) is 0 Å². The van der Waals surface area contributed by atoms with Gasteiger partial charge in [0.1, 0.15) is 0 Å². The standard InChI is InChI=1S/C14H22ClN3/c1-9-3-4-11(7-10(9)2)14(18-16)13-6-5-12(15)8-17-13/h5-6,8-11,14,18H,3-4,7,16H2,1-2H3. The predicted molar refractivity (Wildman–Crippen MR) is 75.0 cm³/mol. The third-order valence-electron chi connectivity index (χ3n) is 4.36. The molecule has 2 rings (SSSR count). The zero-order valence-corrected chi connectivity index (χ0v) is 11.8. The maximum Gasteiger partial charge on any atom is 0.0660 e. The second-order valence-electron chi connectivity index (χ2n) is 5.57. The van der Waals surface area contributed by atoms with E-state index in [1.807, 2.05) is 12.1 Å². The minimum absolute atomic E-state index is 0.136. The van der Waals surface area contributed by atoms with Crippen molar-refractivity contribution >= 4 is 11.6 Å². The molecule has 0 spiro atoms. The van der Waals surface area contributed by atoms with Crippen LogP contribution in [0.5, 0.6) is 0 Å². The highest BCUT2D eigenvalue weighted by Crippen LogP contribution is 2.39. The first-order valence-electron chi connectivity index (χ1n) is 6.69. The Hall–Kier alpha value is -0.640. The highest BCUT2D eigenvalue weighted by molar-refractivity contribution is 6.30. The lowest BCUT2D eigenvalue weighted by Crippen LogP contribution is -2.37. The van der Waals surface area contributed by atoms with E-state index in [-0.39, 0.29) is 6.04 Å². The molecule has 0 radical (unpaired) electrons. The molecule has 4 unspecified atom stereocenters. The molecule has 3 N–H and O–H groups in total. The van der Waals surface area contributed by atoms with Crippen LogP contribution >= 0.6 is 11.6 Å². The summed E-state index contributed by atoms with van der Waals surface area (Å²) in [5.41, 5.74) is 3.93. The number of aromatic nitrogens is 1. The van der Waals surface area contributed by atoms with Crippen LogP contribution in [0.1, 0.15) is 44.8 Å². The number of pyridine rings is 1. The van der Waals surface area contributed by atoms with Crippen molar-refractivity contribution in [1.29, 1.82) is 0 Å². The molecular weight excluding hydrogens is 246 g/mol. The Morgan fingerprint density at radius 2 is 2.11 bits per heavy atom. The van der Waals surface area contributed by atoms with Crippen LogP contribution in [0, 0.1) is 17.8 Å². The van der Waals surface area contributed by atoms with E-state index in [9.17, 15) is 0 Å². The molecule has 4 heteroatoms. The summed E-state index contributed by atoms with van der Waals surface area (Å²) < 4.78 is 0. The van der Waals surface area contributed by atoms with Crippen LogP contribution in [0.25, 0.3) is 0 Å². The van der Waals surface area contributed by atoms with Gasteiger partial charge in [0.2, 0.25) is 0 Å². The number of hydrogen-bond donors (Lipinski definition) is 2. The highest BCUT2D eigenvalue weighted by atomic mass is 35.5. The minimum atomic E-state index is 0.136. The quantitative estimate of drug-likeness (QED) is 0.653. The van der Waals surface area contributed by atoms with Gasteiger partial charge in [0.25, 0.3) is 0 Å². The molecule has 1 saturated carbocycles. The largest absolute Gasteiger partial charge is 0.271 e. The van der Waals surface area contributed by atoms with Crippen LogP contribution in [0.2, 0.25) is 5.02 Å². The average Bonchev–Trinajstić information content (AvgIpc) is 2.37. The van der Waals surface area contributed by atoms with Gasteiger partial charge >= 0.3 is 0 Å². The van der Waals surface area contributed by atoms with Crippen molar-refractivity contribution in [3.63, 3.8) is 0 Å². The van der Waals surface area contributed by atoms with E-state index in [2.05, 4.69) is 24.3 Å². The molecule has 0 bridgehead atoms. The van der Waals surface area contributed by atoms with Crippen molar-refractivity contribution < 1.29 is 0 Å². The van der Waals surface area contributed by atoms with Gasteiger partial charge in [-0.2, -0.15) is 0 Å². The lowest BCUT2D eigenvalue weighted by atomic mass is 9.73. The number of hydrogen-bond acceptors (Lipinski definition) is 3. The third-order valence-corrected chi connectivity index (χ3v) is 4.58. The van der Waals surface area contributed by atoms with Gasteiger partial charge in [0, 0.05) is 6.20 Å². The lowest BCUT2D eigenvalue weighted by Gasteiger charge is -2.36. The van der Waals surface area contributed by atoms with Crippen LogP contribution in [0.4, 0.5) is 0 Å². The molecule has 1 aliphatic carbocycles. The number of rotatable bonds is 3. The Kier molecular flexibility index (Phi) is 4.60. The number of nitrogens with one attached hydrogen (secondary N) is 1. The molecule has 1 fully saturated rings. The summed E-state index contributed by atoms with van der Waals surface area (Å²) in [4.78, 5) is 4.39. The van der Waals surface area contributed by atoms with Gasteiger partial charge in [-0.3, -0.25) is 16.3 Å². The fraction of sp³-hybridized carbons (Fsp3) is 0.643. The van der Waals surface area contributed by atoms with Crippen molar-refractivity contribution in [2.45, 2.75) is 39.2 Å². The van der Waals surface area contributed by atoms with Crippen molar-refractivity contribution in [3.8, 4) is 0 Å². The minimum Gasteiger partial charge on any atom is -0.271 e. The van der Waals surface area contributed by atoms with Gasteiger partial charge in [0.05, 0.1) is 16.8 Å². The highest BCUT2D eigenvalue weighted by Gasteiger charge is 2.31. The third kappa shape index (κ3) is 3.02. The first kappa shape index (κ1) is 13.8. The SMILES string of the molecule is CC1CCC(C(NN)c2ccc(Cl)cn2)CC1C. The molecule has 1 heterocycles. The fourth-order valence-electron chi connectivity index (χ4n) is 2.93. The Morgan fingerprint density at radius 3 is 2.67 bits per heavy atom. The number of hydrazine groups is 1. The predicted octanol–water partition coefficient (Wildman–Crippen LogP) is 3.31. The molecule has 1 aromatic heterocycles. The van der Waals surface area contributed by atoms with Crippen LogP contribution in [-0.2, 0) is 0 Å². The van der Waals surface area contributed by atoms with Crippen molar-refractivity contribution in [1.82, 2.24) is 10.4 Å². The van der Waals surface area contributed by atoms with E-state index in [1.165, 1.54) is 19.3 Å². The van der Waals surface area contributed by atoms with Crippen molar-refractivity contribution in [2.75, 3.05) is 0 Å². The van der Waals surface area contributed by atoms with Gasteiger partial charge in [-0.25, -0.2) is 0 Å². The Labute approximate surface area is 114 Å². The Bertz CT molecular complexity index is 379. The molecule has 0 amide bonds. The number of nitrogens with zero attached hydrogens (tertiary/aromatic N) is 1. The first-order chi connectivity index (χ1) is 8.61. The van der Waals surface area contributed by atoms with E-state index in [1.54, 1.807) is 6.20 Å². The second kappa shape index (κ2) is 6.00.